The van der Waals surface area contributed by atoms with Crippen molar-refractivity contribution in [3.63, 3.8) is 0 Å². The molecule has 6 heteroatoms. The van der Waals surface area contributed by atoms with Gasteiger partial charge in [0.05, 0.1) is 11.0 Å². The molecule has 0 saturated heterocycles. The van der Waals surface area contributed by atoms with Crippen LogP contribution >= 0.6 is 11.9 Å². The zero-order valence-electron chi connectivity index (χ0n) is 16.4. The van der Waals surface area contributed by atoms with Gasteiger partial charge in [-0.15, -0.1) is 0 Å². The summed E-state index contributed by atoms with van der Waals surface area (Å²) in [5, 5.41) is 0. The first-order valence-corrected chi connectivity index (χ1v) is 10.1. The zero-order valence-corrected chi connectivity index (χ0v) is 17.2. The molecule has 0 aliphatic carbocycles. The lowest BCUT2D eigenvalue weighted by molar-refractivity contribution is 1.13. The normalized spacial score (nSPS) is 11.0. The highest BCUT2D eigenvalue weighted by atomic mass is 32.2. The Morgan fingerprint density at radius 1 is 0.759 bits per heavy atom. The van der Waals surface area contributed by atoms with Crippen LogP contribution in [0.1, 0.15) is 16.7 Å². The highest BCUT2D eigenvalue weighted by Crippen LogP contribution is 2.30. The summed E-state index contributed by atoms with van der Waals surface area (Å²) in [6.45, 7) is 6.23. The molecule has 4 aromatic rings. The van der Waals surface area contributed by atoms with Crippen LogP contribution < -0.4 is 15.8 Å². The van der Waals surface area contributed by atoms with Crippen LogP contribution in [0, 0.1) is 20.8 Å². The van der Waals surface area contributed by atoms with Gasteiger partial charge in [-0.2, -0.15) is 0 Å². The molecule has 1 aromatic heterocycles. The lowest BCUT2D eigenvalue weighted by Crippen LogP contribution is -2.28. The SMILES string of the molecule is Cc1cc2[nH]c(=O)c(=O)[nH]c2cc1SNc1ccc(-c2c(C)cccc2C)cc1. The quantitative estimate of drug-likeness (QED) is 0.334. The third-order valence-corrected chi connectivity index (χ3v) is 5.95. The minimum absolute atomic E-state index is 0.606. The minimum atomic E-state index is -0.646. The molecule has 0 spiro atoms. The van der Waals surface area contributed by atoms with Gasteiger partial charge in [0.25, 0.3) is 0 Å². The van der Waals surface area contributed by atoms with Gasteiger partial charge in [-0.3, -0.25) is 9.59 Å². The van der Waals surface area contributed by atoms with Gasteiger partial charge in [0.1, 0.15) is 0 Å². The highest BCUT2D eigenvalue weighted by molar-refractivity contribution is 8.00. The van der Waals surface area contributed by atoms with E-state index in [-0.39, 0.29) is 0 Å². The van der Waals surface area contributed by atoms with Crippen molar-refractivity contribution in [3.05, 3.63) is 92.0 Å². The van der Waals surface area contributed by atoms with Gasteiger partial charge in [0, 0.05) is 10.6 Å². The van der Waals surface area contributed by atoms with E-state index in [0.717, 1.165) is 16.1 Å². The Morgan fingerprint density at radius 3 is 1.97 bits per heavy atom. The summed E-state index contributed by atoms with van der Waals surface area (Å²) in [7, 11) is 0. The molecular formula is C23H21N3O2S. The summed E-state index contributed by atoms with van der Waals surface area (Å²) in [5.41, 5.74) is 6.92. The molecule has 29 heavy (non-hydrogen) atoms. The van der Waals surface area contributed by atoms with Gasteiger partial charge in [0.15, 0.2) is 0 Å². The van der Waals surface area contributed by atoms with Crippen molar-refractivity contribution in [1.29, 1.82) is 0 Å². The number of nitrogens with one attached hydrogen (secondary N) is 3. The molecule has 0 radical (unpaired) electrons. The van der Waals surface area contributed by atoms with E-state index in [1.54, 1.807) is 0 Å². The van der Waals surface area contributed by atoms with Crippen LogP contribution in [0.15, 0.2) is 69.1 Å². The molecule has 4 rings (SSSR count). The maximum atomic E-state index is 11.6. The molecule has 0 amide bonds. The van der Waals surface area contributed by atoms with Crippen LogP contribution in [-0.2, 0) is 0 Å². The number of benzene rings is 3. The molecule has 0 aliphatic rings. The van der Waals surface area contributed by atoms with Crippen LogP contribution in [0.5, 0.6) is 0 Å². The van der Waals surface area contributed by atoms with E-state index < -0.39 is 11.1 Å². The van der Waals surface area contributed by atoms with Gasteiger partial charge < -0.3 is 14.7 Å². The van der Waals surface area contributed by atoms with Crippen molar-refractivity contribution in [2.24, 2.45) is 0 Å². The number of aromatic nitrogens is 2. The number of aromatic amines is 2. The number of rotatable bonds is 4. The second-order valence-electron chi connectivity index (χ2n) is 7.12. The third kappa shape index (κ3) is 3.84. The Labute approximate surface area is 172 Å². The number of H-pyrrole nitrogens is 2. The number of hydrogen-bond donors (Lipinski definition) is 3. The average molecular weight is 404 g/mol. The molecule has 0 bridgehead atoms. The van der Waals surface area contributed by atoms with Crippen molar-refractivity contribution in [2.75, 3.05) is 4.72 Å². The van der Waals surface area contributed by atoms with Crippen molar-refractivity contribution in [1.82, 2.24) is 9.97 Å². The molecule has 3 N–H and O–H groups in total. The minimum Gasteiger partial charge on any atom is -0.326 e. The predicted octanol–water partition coefficient (Wildman–Crippen LogP) is 4.93. The van der Waals surface area contributed by atoms with Crippen LogP contribution in [0.4, 0.5) is 5.69 Å². The molecular weight excluding hydrogens is 382 g/mol. The van der Waals surface area contributed by atoms with Gasteiger partial charge in [-0.25, -0.2) is 0 Å². The van der Waals surface area contributed by atoms with E-state index in [0.29, 0.717) is 11.0 Å². The second-order valence-corrected chi connectivity index (χ2v) is 7.97. The number of hydrogen-bond acceptors (Lipinski definition) is 4. The monoisotopic (exact) mass is 403 g/mol. The van der Waals surface area contributed by atoms with Crippen LogP contribution in [-0.4, -0.2) is 9.97 Å². The molecule has 1 heterocycles. The number of anilines is 1. The van der Waals surface area contributed by atoms with Gasteiger partial charge in [0.2, 0.25) is 0 Å². The van der Waals surface area contributed by atoms with E-state index >= 15 is 0 Å². The molecule has 0 atom stereocenters. The summed E-state index contributed by atoms with van der Waals surface area (Å²) in [6.07, 6.45) is 0. The van der Waals surface area contributed by atoms with Crippen molar-refractivity contribution in [2.45, 2.75) is 25.7 Å². The van der Waals surface area contributed by atoms with Crippen molar-refractivity contribution < 1.29 is 0 Å². The van der Waals surface area contributed by atoms with Crippen molar-refractivity contribution >= 4 is 28.7 Å². The smallest absolute Gasteiger partial charge is 0.314 e. The zero-order chi connectivity index (χ0) is 20.5. The molecule has 0 saturated carbocycles. The number of fused-ring (bicyclic) bond motifs is 1. The van der Waals surface area contributed by atoms with E-state index in [1.807, 2.05) is 19.1 Å². The summed E-state index contributed by atoms with van der Waals surface area (Å²) >= 11 is 1.47. The highest BCUT2D eigenvalue weighted by Gasteiger charge is 2.07. The fourth-order valence-electron chi connectivity index (χ4n) is 3.45. The van der Waals surface area contributed by atoms with E-state index in [2.05, 4.69) is 71.0 Å². The first kappa shape index (κ1) is 19.1. The predicted molar refractivity (Wildman–Crippen MR) is 121 cm³/mol. The van der Waals surface area contributed by atoms with E-state index in [1.165, 1.54) is 34.2 Å². The van der Waals surface area contributed by atoms with Crippen LogP contribution in [0.25, 0.3) is 22.2 Å². The van der Waals surface area contributed by atoms with Gasteiger partial charge in [-0.1, -0.05) is 30.3 Å². The van der Waals surface area contributed by atoms with Gasteiger partial charge >= 0.3 is 11.1 Å². The molecule has 0 fully saturated rings. The fourth-order valence-corrected chi connectivity index (χ4v) is 4.21. The lowest BCUT2D eigenvalue weighted by Gasteiger charge is -2.12. The van der Waals surface area contributed by atoms with Crippen molar-refractivity contribution in [3.8, 4) is 11.1 Å². The largest absolute Gasteiger partial charge is 0.326 e. The lowest BCUT2D eigenvalue weighted by atomic mass is 9.96. The Kier molecular flexibility index (Phi) is 5.03. The fraction of sp³-hybridized carbons (Fsp3) is 0.130. The Balaban J connectivity index is 1.56. The summed E-state index contributed by atoms with van der Waals surface area (Å²) in [6, 6.07) is 18.4. The van der Waals surface area contributed by atoms with Crippen LogP contribution in [0.2, 0.25) is 0 Å². The average Bonchev–Trinajstić information content (AvgIpc) is 2.69. The maximum absolute atomic E-state index is 11.6. The second kappa shape index (κ2) is 7.64. The molecule has 0 aliphatic heterocycles. The summed E-state index contributed by atoms with van der Waals surface area (Å²) < 4.78 is 3.35. The molecule has 3 aromatic carbocycles. The third-order valence-electron chi connectivity index (χ3n) is 4.95. The van der Waals surface area contributed by atoms with Crippen LogP contribution in [0.3, 0.4) is 0 Å². The molecule has 5 nitrogen and oxygen atoms in total. The first-order valence-electron chi connectivity index (χ1n) is 9.29. The Morgan fingerprint density at radius 2 is 1.34 bits per heavy atom. The topological polar surface area (TPSA) is 77.8 Å². The van der Waals surface area contributed by atoms with E-state index in [9.17, 15) is 9.59 Å². The Bertz CT molecular complexity index is 1300. The molecule has 0 unspecified atom stereocenters. The van der Waals surface area contributed by atoms with Gasteiger partial charge in [-0.05, 0) is 84.8 Å². The molecule has 146 valence electrons. The first-order chi connectivity index (χ1) is 13.9. The maximum Gasteiger partial charge on any atom is 0.314 e. The standard InChI is InChI=1S/C23H21N3O2S/c1-13-5-4-6-14(2)21(13)16-7-9-17(10-8-16)26-29-20-12-19-18(11-15(20)3)24-22(27)23(28)25-19/h4-12,26H,1-3H3,(H,24,27)(H,25,28). The summed E-state index contributed by atoms with van der Waals surface area (Å²) in [5.74, 6) is 0. The summed E-state index contributed by atoms with van der Waals surface area (Å²) in [4.78, 5) is 29.3. The number of aryl methyl sites for hydroxylation is 3. The van der Waals surface area contributed by atoms with E-state index in [4.69, 9.17) is 0 Å². The Hall–Kier alpha value is -3.25.